The molecule has 208 valence electrons. The third kappa shape index (κ3) is 6.69. The zero-order valence-corrected chi connectivity index (χ0v) is 21.1. The van der Waals surface area contributed by atoms with Gasteiger partial charge in [-0.3, -0.25) is 4.79 Å². The normalized spacial score (nSPS) is 25.7. The van der Waals surface area contributed by atoms with Gasteiger partial charge in [0.2, 0.25) is 5.91 Å². The zero-order valence-electron chi connectivity index (χ0n) is 21.1. The van der Waals surface area contributed by atoms with Crippen LogP contribution >= 0.6 is 0 Å². The van der Waals surface area contributed by atoms with E-state index < -0.39 is 35.7 Å². The van der Waals surface area contributed by atoms with E-state index in [4.69, 9.17) is 10.5 Å². The van der Waals surface area contributed by atoms with Gasteiger partial charge in [0.1, 0.15) is 0 Å². The Kier molecular flexibility index (Phi) is 8.42. The van der Waals surface area contributed by atoms with Crippen molar-refractivity contribution < 1.29 is 35.9 Å². The van der Waals surface area contributed by atoms with Crippen molar-refractivity contribution in [3.8, 4) is 0 Å². The molecule has 0 radical (unpaired) electrons. The number of alkyl halides is 6. The molecule has 1 aliphatic heterocycles. The number of nitrogens with two attached hydrogens (primary N) is 1. The summed E-state index contributed by atoms with van der Waals surface area (Å²) in [6.07, 6.45) is -7.92. The van der Waals surface area contributed by atoms with Gasteiger partial charge in [0.05, 0.1) is 23.3 Å². The van der Waals surface area contributed by atoms with Crippen molar-refractivity contribution in [3.05, 3.63) is 70.8 Å². The van der Waals surface area contributed by atoms with Gasteiger partial charge in [0, 0.05) is 31.0 Å². The van der Waals surface area contributed by atoms with Gasteiger partial charge in [-0.15, -0.1) is 0 Å². The molecule has 3 atom stereocenters. The minimum Gasteiger partial charge on any atom is -0.370 e. The maximum atomic E-state index is 13.4. The molecule has 1 saturated heterocycles. The van der Waals surface area contributed by atoms with Crippen LogP contribution in [0.1, 0.15) is 73.3 Å². The molecule has 2 aromatic carbocycles. The molecular formula is C28H32F6N2O2. The maximum Gasteiger partial charge on any atom is 0.416 e. The highest BCUT2D eigenvalue weighted by molar-refractivity contribution is 5.79. The molecule has 4 nitrogen and oxygen atoms in total. The minimum absolute atomic E-state index is 0.0667. The Morgan fingerprint density at radius 3 is 2.05 bits per heavy atom. The highest BCUT2D eigenvalue weighted by Crippen LogP contribution is 2.40. The molecule has 1 heterocycles. The Balaban J connectivity index is 1.56. The Morgan fingerprint density at radius 2 is 1.50 bits per heavy atom. The molecule has 3 unspecified atom stereocenters. The number of carbonyl (C=O) groups is 1. The van der Waals surface area contributed by atoms with Crippen molar-refractivity contribution in [2.75, 3.05) is 13.1 Å². The molecule has 0 spiro atoms. The summed E-state index contributed by atoms with van der Waals surface area (Å²) in [7, 11) is 0. The lowest BCUT2D eigenvalue weighted by Gasteiger charge is -2.41. The van der Waals surface area contributed by atoms with Crippen LogP contribution in [0.4, 0.5) is 26.3 Å². The van der Waals surface area contributed by atoms with E-state index in [1.54, 1.807) is 0 Å². The molecule has 2 aliphatic rings. The Hall–Kier alpha value is -2.59. The number of nitrogens with zero attached hydrogens (tertiary/aromatic N) is 1. The van der Waals surface area contributed by atoms with Crippen LogP contribution in [-0.2, 0) is 21.9 Å². The van der Waals surface area contributed by atoms with Crippen LogP contribution in [-0.4, -0.2) is 36.0 Å². The van der Waals surface area contributed by atoms with Gasteiger partial charge in [-0.1, -0.05) is 30.3 Å². The van der Waals surface area contributed by atoms with E-state index in [1.165, 1.54) is 6.92 Å². The average Bonchev–Trinajstić information content (AvgIpc) is 2.88. The maximum absolute atomic E-state index is 13.4. The van der Waals surface area contributed by atoms with E-state index in [2.05, 4.69) is 0 Å². The summed E-state index contributed by atoms with van der Waals surface area (Å²) in [5.41, 5.74) is 3.94. The van der Waals surface area contributed by atoms with Crippen LogP contribution in [0, 0.1) is 5.92 Å². The van der Waals surface area contributed by atoms with Gasteiger partial charge in [0.15, 0.2) is 0 Å². The predicted molar refractivity (Wildman–Crippen MR) is 130 cm³/mol. The first kappa shape index (κ1) is 28.4. The Labute approximate surface area is 218 Å². The molecule has 10 heteroatoms. The number of hydrogen-bond donors (Lipinski definition) is 1. The highest BCUT2D eigenvalue weighted by atomic mass is 19.4. The number of likely N-dealkylation sites (tertiary alicyclic amines) is 1. The number of hydrogen-bond acceptors (Lipinski definition) is 3. The monoisotopic (exact) mass is 542 g/mol. The first-order chi connectivity index (χ1) is 17.8. The van der Waals surface area contributed by atoms with E-state index in [1.807, 2.05) is 35.2 Å². The summed E-state index contributed by atoms with van der Waals surface area (Å²) >= 11 is 0. The van der Waals surface area contributed by atoms with Crippen LogP contribution in [0.25, 0.3) is 0 Å². The number of carbonyl (C=O) groups excluding carboxylic acids is 1. The summed E-state index contributed by atoms with van der Waals surface area (Å²) < 4.78 is 86.5. The molecule has 1 aliphatic carbocycles. The third-order valence-electron chi connectivity index (χ3n) is 7.67. The molecule has 0 bridgehead atoms. The molecule has 2 aromatic rings. The second-order valence-corrected chi connectivity index (χ2v) is 10.4. The number of halogens is 6. The minimum atomic E-state index is -4.93. The molecule has 1 saturated carbocycles. The van der Waals surface area contributed by atoms with Gasteiger partial charge in [-0.25, -0.2) is 0 Å². The van der Waals surface area contributed by atoms with Gasteiger partial charge in [-0.2, -0.15) is 26.3 Å². The van der Waals surface area contributed by atoms with E-state index >= 15 is 0 Å². The highest BCUT2D eigenvalue weighted by Gasteiger charge is 2.39. The number of piperidine rings is 1. The third-order valence-corrected chi connectivity index (χ3v) is 7.67. The molecule has 0 aromatic heterocycles. The lowest BCUT2D eigenvalue weighted by atomic mass is 9.83. The molecule has 2 fully saturated rings. The molecule has 38 heavy (non-hydrogen) atoms. The zero-order chi connectivity index (χ0) is 27.7. The van der Waals surface area contributed by atoms with Crippen molar-refractivity contribution in [1.82, 2.24) is 4.90 Å². The van der Waals surface area contributed by atoms with Gasteiger partial charge >= 0.3 is 12.4 Å². The van der Waals surface area contributed by atoms with Crippen LogP contribution in [0.15, 0.2) is 48.5 Å². The number of rotatable bonds is 5. The number of ether oxygens (including phenoxy) is 1. The van der Waals surface area contributed by atoms with E-state index in [0.29, 0.717) is 31.6 Å². The van der Waals surface area contributed by atoms with Crippen molar-refractivity contribution in [2.24, 2.45) is 11.7 Å². The molecule has 2 N–H and O–H groups in total. The van der Waals surface area contributed by atoms with Crippen molar-refractivity contribution >= 4 is 5.91 Å². The number of benzene rings is 2. The summed E-state index contributed by atoms with van der Waals surface area (Å²) in [4.78, 5) is 15.1. The van der Waals surface area contributed by atoms with Crippen LogP contribution in [0.3, 0.4) is 0 Å². The SMILES string of the molecule is CC(OC1CCN(C(=O)C2CCC(N)CC2)CC1c1ccccc1)c1cc(C(F)(F)F)cc(C(F)(F)F)c1. The van der Waals surface area contributed by atoms with E-state index in [-0.39, 0.29) is 35.4 Å². The second kappa shape index (κ2) is 11.3. The lowest BCUT2D eigenvalue weighted by molar-refractivity contribution is -0.143. The first-order valence-electron chi connectivity index (χ1n) is 12.9. The predicted octanol–water partition coefficient (Wildman–Crippen LogP) is 6.70. The summed E-state index contributed by atoms with van der Waals surface area (Å²) in [6, 6.07) is 11.0. The second-order valence-electron chi connectivity index (χ2n) is 10.4. The standard InChI is InChI=1S/C28H32F6N2O2/c1-17(20-13-21(27(29,30)31)15-22(14-20)28(32,33)34)38-25-11-12-36(16-24(25)18-5-3-2-4-6-18)26(37)19-7-9-23(35)10-8-19/h2-6,13-15,17,19,23-25H,7-12,16,35H2,1H3. The fraction of sp³-hybridized carbons (Fsp3) is 0.536. The van der Waals surface area contributed by atoms with Gasteiger partial charge in [0.25, 0.3) is 0 Å². The summed E-state index contributed by atoms with van der Waals surface area (Å²) in [5.74, 6) is -0.305. The van der Waals surface area contributed by atoms with Gasteiger partial charge in [-0.05, 0) is 68.4 Å². The van der Waals surface area contributed by atoms with Crippen molar-refractivity contribution in [1.29, 1.82) is 0 Å². The first-order valence-corrected chi connectivity index (χ1v) is 12.9. The average molecular weight is 543 g/mol. The fourth-order valence-corrected chi connectivity index (χ4v) is 5.49. The lowest BCUT2D eigenvalue weighted by Crippen LogP contribution is -2.48. The van der Waals surface area contributed by atoms with Crippen molar-refractivity contribution in [3.63, 3.8) is 0 Å². The summed E-state index contributed by atoms with van der Waals surface area (Å²) in [6.45, 7) is 2.22. The van der Waals surface area contributed by atoms with Gasteiger partial charge < -0.3 is 15.4 Å². The topological polar surface area (TPSA) is 55.6 Å². The largest absolute Gasteiger partial charge is 0.416 e. The number of amides is 1. The molecule has 1 amide bonds. The fourth-order valence-electron chi connectivity index (χ4n) is 5.49. The Morgan fingerprint density at radius 1 is 0.921 bits per heavy atom. The smallest absolute Gasteiger partial charge is 0.370 e. The van der Waals surface area contributed by atoms with Crippen LogP contribution < -0.4 is 5.73 Å². The van der Waals surface area contributed by atoms with Crippen LogP contribution in [0.2, 0.25) is 0 Å². The van der Waals surface area contributed by atoms with E-state index in [9.17, 15) is 31.1 Å². The summed E-state index contributed by atoms with van der Waals surface area (Å²) in [5, 5.41) is 0. The van der Waals surface area contributed by atoms with Crippen LogP contribution in [0.5, 0.6) is 0 Å². The molecule has 4 rings (SSSR count). The quantitative estimate of drug-likeness (QED) is 0.428. The molecular weight excluding hydrogens is 510 g/mol. The van der Waals surface area contributed by atoms with Crippen molar-refractivity contribution in [2.45, 2.75) is 75.5 Å². The van der Waals surface area contributed by atoms with E-state index in [0.717, 1.165) is 31.2 Å². The Bertz CT molecular complexity index is 1060.